The van der Waals surface area contributed by atoms with Gasteiger partial charge in [-0.1, -0.05) is 0 Å². The molecule has 0 bridgehead atoms. The van der Waals surface area contributed by atoms with Crippen LogP contribution in [0.15, 0.2) is 17.3 Å². The van der Waals surface area contributed by atoms with Gasteiger partial charge >= 0.3 is 0 Å². The molecule has 11 heavy (non-hydrogen) atoms. The van der Waals surface area contributed by atoms with Crippen LogP contribution in [0.2, 0.25) is 0 Å². The minimum absolute atomic E-state index is 0.0507. The summed E-state index contributed by atoms with van der Waals surface area (Å²) in [5, 5.41) is 2.68. The summed E-state index contributed by atoms with van der Waals surface area (Å²) in [4.78, 5) is 10.1. The maximum absolute atomic E-state index is 12.6. The van der Waals surface area contributed by atoms with Crippen LogP contribution in [-0.4, -0.2) is 0 Å². The zero-order valence-electron chi connectivity index (χ0n) is 5.97. The van der Waals surface area contributed by atoms with Crippen molar-refractivity contribution in [2.24, 2.45) is 5.18 Å². The summed E-state index contributed by atoms with van der Waals surface area (Å²) in [6.07, 6.45) is 0. The maximum atomic E-state index is 12.6. The predicted molar refractivity (Wildman–Crippen MR) is 41.0 cm³/mol. The first-order valence-corrected chi connectivity index (χ1v) is 3.04. The third kappa shape index (κ3) is 1.34. The first-order valence-electron chi connectivity index (χ1n) is 3.04. The Balaban J connectivity index is 3.31. The van der Waals surface area contributed by atoms with E-state index in [9.17, 15) is 9.30 Å². The third-order valence-corrected chi connectivity index (χ3v) is 1.41. The predicted octanol–water partition coefficient (Wildman–Crippen LogP) is 2.11. The molecule has 3 nitrogen and oxygen atoms in total. The summed E-state index contributed by atoms with van der Waals surface area (Å²) in [5.74, 6) is -0.519. The number of hydrogen-bond donors (Lipinski definition) is 1. The van der Waals surface area contributed by atoms with E-state index < -0.39 is 5.82 Å². The van der Waals surface area contributed by atoms with Crippen molar-refractivity contribution in [3.63, 3.8) is 0 Å². The molecule has 2 N–H and O–H groups in total. The molecular formula is C7H7FN2O. The molecule has 0 fully saturated rings. The van der Waals surface area contributed by atoms with Crippen molar-refractivity contribution >= 4 is 11.4 Å². The normalized spacial score (nSPS) is 9.64. The van der Waals surface area contributed by atoms with Crippen molar-refractivity contribution in [3.05, 3.63) is 28.4 Å². The van der Waals surface area contributed by atoms with Gasteiger partial charge in [-0.15, -0.1) is 4.91 Å². The fourth-order valence-electron chi connectivity index (χ4n) is 0.776. The molecule has 0 unspecified atom stereocenters. The molecule has 4 heteroatoms. The zero-order chi connectivity index (χ0) is 8.43. The molecule has 0 spiro atoms. The van der Waals surface area contributed by atoms with Crippen LogP contribution in [0.1, 0.15) is 5.56 Å². The Bertz CT molecular complexity index is 299. The third-order valence-electron chi connectivity index (χ3n) is 1.41. The Kier molecular flexibility index (Phi) is 1.85. The first-order chi connectivity index (χ1) is 5.15. The average molecular weight is 154 g/mol. The molecule has 0 aliphatic carbocycles. The van der Waals surface area contributed by atoms with Gasteiger partial charge < -0.3 is 5.73 Å². The maximum Gasteiger partial charge on any atom is 0.146 e. The van der Waals surface area contributed by atoms with Gasteiger partial charge in [-0.25, -0.2) is 4.39 Å². The molecule has 1 rings (SSSR count). The van der Waals surface area contributed by atoms with E-state index >= 15 is 0 Å². The molecule has 0 amide bonds. The number of hydrogen-bond acceptors (Lipinski definition) is 3. The van der Waals surface area contributed by atoms with Gasteiger partial charge in [-0.2, -0.15) is 0 Å². The quantitative estimate of drug-likeness (QED) is 0.497. The molecule has 1 aromatic rings. The van der Waals surface area contributed by atoms with Gasteiger partial charge in [0, 0.05) is 0 Å². The highest BCUT2D eigenvalue weighted by molar-refractivity contribution is 5.56. The second-order valence-electron chi connectivity index (χ2n) is 2.25. The number of aryl methyl sites for hydroxylation is 1. The van der Waals surface area contributed by atoms with Gasteiger partial charge in [0.05, 0.1) is 5.69 Å². The van der Waals surface area contributed by atoms with Gasteiger partial charge in [0.2, 0.25) is 0 Å². The van der Waals surface area contributed by atoms with Crippen molar-refractivity contribution in [2.45, 2.75) is 6.92 Å². The van der Waals surface area contributed by atoms with Crippen LogP contribution in [0.3, 0.4) is 0 Å². The zero-order valence-corrected chi connectivity index (χ0v) is 5.97. The van der Waals surface area contributed by atoms with E-state index in [1.165, 1.54) is 12.1 Å². The monoisotopic (exact) mass is 154 g/mol. The van der Waals surface area contributed by atoms with Crippen LogP contribution >= 0.6 is 0 Å². The summed E-state index contributed by atoms with van der Waals surface area (Å²) < 4.78 is 12.6. The lowest BCUT2D eigenvalue weighted by Gasteiger charge is -1.99. The molecule has 0 radical (unpaired) electrons. The Morgan fingerprint density at radius 1 is 1.55 bits per heavy atom. The highest BCUT2D eigenvalue weighted by Crippen LogP contribution is 2.23. The lowest BCUT2D eigenvalue weighted by molar-refractivity contribution is 0.631. The van der Waals surface area contributed by atoms with Crippen molar-refractivity contribution < 1.29 is 4.39 Å². The molecule has 0 heterocycles. The first kappa shape index (κ1) is 7.65. The number of benzene rings is 1. The summed E-state index contributed by atoms with van der Waals surface area (Å²) in [5.41, 5.74) is 5.82. The van der Waals surface area contributed by atoms with Gasteiger partial charge in [-0.3, -0.25) is 0 Å². The van der Waals surface area contributed by atoms with Crippen molar-refractivity contribution in [3.8, 4) is 0 Å². The van der Waals surface area contributed by atoms with E-state index in [1.807, 2.05) is 0 Å². The molecule has 58 valence electrons. The topological polar surface area (TPSA) is 55.4 Å². The minimum atomic E-state index is -0.519. The molecule has 0 atom stereocenters. The number of nitroso groups, excluding NO2 is 1. The number of halogens is 1. The van der Waals surface area contributed by atoms with Crippen molar-refractivity contribution in [2.75, 3.05) is 5.73 Å². The van der Waals surface area contributed by atoms with Crippen LogP contribution in [0, 0.1) is 17.6 Å². The summed E-state index contributed by atoms with van der Waals surface area (Å²) in [6.45, 7) is 1.60. The lowest BCUT2D eigenvalue weighted by Crippen LogP contribution is -1.90. The standard InChI is InChI=1S/C7H7FN2O/c1-4-2-5(8)6(9)3-7(4)10-11/h2-3H,9H2,1H3. The van der Waals surface area contributed by atoms with E-state index in [2.05, 4.69) is 5.18 Å². The van der Waals surface area contributed by atoms with Crippen LogP contribution in [0.5, 0.6) is 0 Å². The van der Waals surface area contributed by atoms with Crippen molar-refractivity contribution in [1.82, 2.24) is 0 Å². The summed E-state index contributed by atoms with van der Waals surface area (Å²) in [7, 11) is 0. The number of nitrogens with zero attached hydrogens (tertiary/aromatic N) is 1. The minimum Gasteiger partial charge on any atom is -0.396 e. The van der Waals surface area contributed by atoms with Gasteiger partial charge in [0.15, 0.2) is 0 Å². The van der Waals surface area contributed by atoms with E-state index in [1.54, 1.807) is 6.92 Å². The molecule has 0 aromatic heterocycles. The van der Waals surface area contributed by atoms with Crippen LogP contribution in [0.4, 0.5) is 15.8 Å². The van der Waals surface area contributed by atoms with Crippen LogP contribution in [0.25, 0.3) is 0 Å². The molecule has 1 aromatic carbocycles. The number of nitrogen functional groups attached to an aromatic ring is 1. The summed E-state index contributed by atoms with van der Waals surface area (Å²) in [6, 6.07) is 2.41. The van der Waals surface area contributed by atoms with Gasteiger partial charge in [-0.05, 0) is 29.8 Å². The van der Waals surface area contributed by atoms with E-state index in [0.717, 1.165) is 0 Å². The Morgan fingerprint density at radius 3 is 2.73 bits per heavy atom. The second-order valence-corrected chi connectivity index (χ2v) is 2.25. The van der Waals surface area contributed by atoms with E-state index in [4.69, 9.17) is 5.73 Å². The Hall–Kier alpha value is -1.45. The highest BCUT2D eigenvalue weighted by Gasteiger charge is 2.03. The van der Waals surface area contributed by atoms with Crippen molar-refractivity contribution in [1.29, 1.82) is 0 Å². The molecule has 0 saturated heterocycles. The summed E-state index contributed by atoms with van der Waals surface area (Å²) >= 11 is 0. The highest BCUT2D eigenvalue weighted by atomic mass is 19.1. The molecule has 0 saturated carbocycles. The van der Waals surface area contributed by atoms with Crippen LogP contribution in [-0.2, 0) is 0 Å². The molecule has 0 aliphatic heterocycles. The van der Waals surface area contributed by atoms with Crippen LogP contribution < -0.4 is 5.73 Å². The van der Waals surface area contributed by atoms with E-state index in [-0.39, 0.29) is 11.4 Å². The van der Waals surface area contributed by atoms with Gasteiger partial charge in [0.1, 0.15) is 11.5 Å². The fourth-order valence-corrected chi connectivity index (χ4v) is 0.776. The SMILES string of the molecule is Cc1cc(F)c(N)cc1N=O. The van der Waals surface area contributed by atoms with Gasteiger partial charge in [0.25, 0.3) is 0 Å². The average Bonchev–Trinajstić information content (AvgIpc) is 1.97. The number of anilines is 1. The lowest BCUT2D eigenvalue weighted by atomic mass is 10.2. The largest absolute Gasteiger partial charge is 0.396 e. The Morgan fingerprint density at radius 2 is 2.18 bits per heavy atom. The number of rotatable bonds is 1. The second kappa shape index (κ2) is 2.65. The molecule has 0 aliphatic rings. The fraction of sp³-hybridized carbons (Fsp3) is 0.143. The smallest absolute Gasteiger partial charge is 0.146 e. The molecular weight excluding hydrogens is 147 g/mol. The number of nitrogens with two attached hydrogens (primary N) is 1. The van der Waals surface area contributed by atoms with E-state index in [0.29, 0.717) is 5.56 Å². The Labute approximate surface area is 63.0 Å².